The molecule has 0 bridgehead atoms. The number of ether oxygens (including phenoxy) is 1. The lowest BCUT2D eigenvalue weighted by Crippen LogP contribution is -2.40. The molecule has 5 heteroatoms. The van der Waals surface area contributed by atoms with E-state index in [1.54, 1.807) is 0 Å². The first-order valence-corrected chi connectivity index (χ1v) is 5.70. The Bertz CT molecular complexity index is 311. The standard InChI is InChI=1S/C11H22N4O/c1-4-5-16-8-10(13-12)7-11-6-9(2)14-15(11)3/h6,10,13H,4-5,7-8,12H2,1-3H3. The first-order chi connectivity index (χ1) is 7.67. The van der Waals surface area contributed by atoms with Crippen molar-refractivity contribution in [1.29, 1.82) is 0 Å². The molecule has 0 aromatic carbocycles. The van der Waals surface area contributed by atoms with Gasteiger partial charge in [0.25, 0.3) is 0 Å². The predicted octanol–water partition coefficient (Wildman–Crippen LogP) is 0.530. The van der Waals surface area contributed by atoms with Gasteiger partial charge in [0, 0.05) is 31.8 Å². The van der Waals surface area contributed by atoms with Crippen LogP contribution in [0.15, 0.2) is 6.07 Å². The fourth-order valence-electron chi connectivity index (χ4n) is 1.64. The summed E-state index contributed by atoms with van der Waals surface area (Å²) in [6.07, 6.45) is 1.86. The van der Waals surface area contributed by atoms with E-state index >= 15 is 0 Å². The average Bonchev–Trinajstić information content (AvgIpc) is 2.56. The van der Waals surface area contributed by atoms with E-state index in [9.17, 15) is 0 Å². The maximum atomic E-state index is 5.50. The zero-order chi connectivity index (χ0) is 12.0. The molecule has 0 fully saturated rings. The van der Waals surface area contributed by atoms with Gasteiger partial charge < -0.3 is 4.74 Å². The number of hydrogen-bond acceptors (Lipinski definition) is 4. The van der Waals surface area contributed by atoms with Crippen molar-refractivity contribution in [1.82, 2.24) is 15.2 Å². The van der Waals surface area contributed by atoms with E-state index in [4.69, 9.17) is 10.6 Å². The molecule has 1 unspecified atom stereocenters. The summed E-state index contributed by atoms with van der Waals surface area (Å²) in [7, 11) is 1.95. The van der Waals surface area contributed by atoms with Gasteiger partial charge in [-0.1, -0.05) is 6.92 Å². The van der Waals surface area contributed by atoms with Crippen molar-refractivity contribution in [3.05, 3.63) is 17.5 Å². The molecular weight excluding hydrogens is 204 g/mol. The van der Waals surface area contributed by atoms with E-state index in [-0.39, 0.29) is 6.04 Å². The minimum absolute atomic E-state index is 0.140. The van der Waals surface area contributed by atoms with Crippen LogP contribution in [0.2, 0.25) is 0 Å². The van der Waals surface area contributed by atoms with Gasteiger partial charge in [0.15, 0.2) is 0 Å². The zero-order valence-electron chi connectivity index (χ0n) is 10.4. The lowest BCUT2D eigenvalue weighted by Gasteiger charge is -2.15. The van der Waals surface area contributed by atoms with Gasteiger partial charge in [-0.3, -0.25) is 16.0 Å². The summed E-state index contributed by atoms with van der Waals surface area (Å²) in [5.74, 6) is 5.50. The lowest BCUT2D eigenvalue weighted by molar-refractivity contribution is 0.111. The van der Waals surface area contributed by atoms with Crippen LogP contribution in [0.3, 0.4) is 0 Å². The van der Waals surface area contributed by atoms with E-state index < -0.39 is 0 Å². The fraction of sp³-hybridized carbons (Fsp3) is 0.727. The van der Waals surface area contributed by atoms with Crippen LogP contribution in [0.5, 0.6) is 0 Å². The second-order valence-corrected chi connectivity index (χ2v) is 4.04. The van der Waals surface area contributed by atoms with Gasteiger partial charge in [-0.05, 0) is 19.4 Å². The quantitative estimate of drug-likeness (QED) is 0.404. The van der Waals surface area contributed by atoms with Gasteiger partial charge in [0.1, 0.15) is 0 Å². The molecule has 1 aromatic rings. The van der Waals surface area contributed by atoms with Gasteiger partial charge >= 0.3 is 0 Å². The molecule has 0 saturated heterocycles. The van der Waals surface area contributed by atoms with Crippen LogP contribution in [0.4, 0.5) is 0 Å². The van der Waals surface area contributed by atoms with Gasteiger partial charge in [-0.15, -0.1) is 0 Å². The van der Waals surface area contributed by atoms with Crippen LogP contribution in [0, 0.1) is 6.92 Å². The zero-order valence-corrected chi connectivity index (χ0v) is 10.4. The molecule has 3 N–H and O–H groups in total. The van der Waals surface area contributed by atoms with Gasteiger partial charge in [-0.25, -0.2) is 0 Å². The van der Waals surface area contributed by atoms with Gasteiger partial charge in [0.2, 0.25) is 0 Å². The number of aryl methyl sites for hydroxylation is 2. The topological polar surface area (TPSA) is 65.1 Å². The number of nitrogens with one attached hydrogen (secondary N) is 1. The van der Waals surface area contributed by atoms with Crippen LogP contribution in [-0.4, -0.2) is 29.0 Å². The third kappa shape index (κ3) is 3.92. The maximum absolute atomic E-state index is 5.50. The Hall–Kier alpha value is -0.910. The van der Waals surface area contributed by atoms with Crippen molar-refractivity contribution in [2.24, 2.45) is 12.9 Å². The maximum Gasteiger partial charge on any atom is 0.0636 e. The molecule has 92 valence electrons. The van der Waals surface area contributed by atoms with Crippen molar-refractivity contribution >= 4 is 0 Å². The van der Waals surface area contributed by atoms with Crippen molar-refractivity contribution in [3.8, 4) is 0 Å². The SMILES string of the molecule is CCCOCC(Cc1cc(C)nn1C)NN. The van der Waals surface area contributed by atoms with Crippen molar-refractivity contribution in [3.63, 3.8) is 0 Å². The Balaban J connectivity index is 2.46. The molecule has 16 heavy (non-hydrogen) atoms. The van der Waals surface area contributed by atoms with Crippen LogP contribution in [0.25, 0.3) is 0 Å². The Kier molecular flexibility index (Phi) is 5.45. The predicted molar refractivity (Wildman–Crippen MR) is 63.9 cm³/mol. The van der Waals surface area contributed by atoms with E-state index in [0.717, 1.165) is 25.1 Å². The minimum Gasteiger partial charge on any atom is -0.380 e. The minimum atomic E-state index is 0.140. The van der Waals surface area contributed by atoms with Crippen molar-refractivity contribution in [2.45, 2.75) is 32.7 Å². The number of aromatic nitrogens is 2. The summed E-state index contributed by atoms with van der Waals surface area (Å²) >= 11 is 0. The summed E-state index contributed by atoms with van der Waals surface area (Å²) in [6.45, 7) is 5.49. The molecule has 0 aliphatic carbocycles. The molecule has 0 radical (unpaired) electrons. The summed E-state index contributed by atoms with van der Waals surface area (Å²) in [4.78, 5) is 0. The second-order valence-electron chi connectivity index (χ2n) is 4.04. The molecule has 1 rings (SSSR count). The molecule has 0 aliphatic heterocycles. The highest BCUT2D eigenvalue weighted by Gasteiger charge is 2.11. The van der Waals surface area contributed by atoms with E-state index in [1.165, 1.54) is 5.69 Å². The Morgan fingerprint density at radius 2 is 2.38 bits per heavy atom. The number of nitrogens with zero attached hydrogens (tertiary/aromatic N) is 2. The second kappa shape index (κ2) is 6.62. The molecule has 5 nitrogen and oxygen atoms in total. The molecule has 0 aliphatic rings. The number of hydrazine groups is 1. The number of rotatable bonds is 7. The monoisotopic (exact) mass is 226 g/mol. The normalized spacial score (nSPS) is 13.0. The summed E-state index contributed by atoms with van der Waals surface area (Å²) < 4.78 is 7.37. The molecule has 0 spiro atoms. The van der Waals surface area contributed by atoms with Crippen LogP contribution < -0.4 is 11.3 Å². The van der Waals surface area contributed by atoms with Gasteiger partial charge in [-0.2, -0.15) is 5.10 Å². The summed E-state index contributed by atoms with van der Waals surface area (Å²) in [5.41, 5.74) is 4.98. The van der Waals surface area contributed by atoms with Crippen molar-refractivity contribution < 1.29 is 4.74 Å². The lowest BCUT2D eigenvalue weighted by atomic mass is 10.1. The molecule has 0 amide bonds. The first-order valence-electron chi connectivity index (χ1n) is 5.70. The third-order valence-corrected chi connectivity index (χ3v) is 2.46. The highest BCUT2D eigenvalue weighted by molar-refractivity contribution is 5.09. The number of hydrogen-bond donors (Lipinski definition) is 2. The van der Waals surface area contributed by atoms with E-state index in [2.05, 4.69) is 23.5 Å². The molecule has 1 heterocycles. The van der Waals surface area contributed by atoms with Gasteiger partial charge in [0.05, 0.1) is 12.3 Å². The largest absolute Gasteiger partial charge is 0.380 e. The Morgan fingerprint density at radius 3 is 2.88 bits per heavy atom. The fourth-order valence-corrected chi connectivity index (χ4v) is 1.64. The van der Waals surface area contributed by atoms with Crippen LogP contribution in [-0.2, 0) is 18.2 Å². The smallest absolute Gasteiger partial charge is 0.0636 e. The van der Waals surface area contributed by atoms with E-state index in [0.29, 0.717) is 6.61 Å². The summed E-state index contributed by atoms with van der Waals surface area (Å²) in [5, 5.41) is 4.30. The highest BCUT2D eigenvalue weighted by Crippen LogP contribution is 2.05. The summed E-state index contributed by atoms with van der Waals surface area (Å²) in [6, 6.07) is 2.21. The molecule has 1 aromatic heterocycles. The van der Waals surface area contributed by atoms with Crippen LogP contribution in [0.1, 0.15) is 24.7 Å². The molecule has 0 saturated carbocycles. The Morgan fingerprint density at radius 1 is 1.62 bits per heavy atom. The number of nitrogens with two attached hydrogens (primary N) is 1. The highest BCUT2D eigenvalue weighted by atomic mass is 16.5. The average molecular weight is 226 g/mol. The molecule has 1 atom stereocenters. The van der Waals surface area contributed by atoms with E-state index in [1.807, 2.05) is 18.7 Å². The van der Waals surface area contributed by atoms with Crippen molar-refractivity contribution in [2.75, 3.05) is 13.2 Å². The first kappa shape index (κ1) is 13.2. The third-order valence-electron chi connectivity index (χ3n) is 2.46. The molecular formula is C11H22N4O. The Labute approximate surface area is 96.9 Å². The van der Waals surface area contributed by atoms with Crippen LogP contribution >= 0.6 is 0 Å².